The molecule has 0 saturated carbocycles. The predicted octanol–water partition coefficient (Wildman–Crippen LogP) is 2.40. The second kappa shape index (κ2) is 6.07. The zero-order valence-electron chi connectivity index (χ0n) is 13.9. The van der Waals surface area contributed by atoms with Crippen molar-refractivity contribution in [1.82, 2.24) is 4.31 Å². The van der Waals surface area contributed by atoms with E-state index in [-0.39, 0.29) is 23.4 Å². The zero-order valence-corrected chi connectivity index (χ0v) is 14.7. The molecule has 0 saturated heterocycles. The van der Waals surface area contributed by atoms with Crippen molar-refractivity contribution < 1.29 is 17.6 Å². The molecule has 0 fully saturated rings. The highest BCUT2D eigenvalue weighted by molar-refractivity contribution is 7.89. The lowest BCUT2D eigenvalue weighted by Crippen LogP contribution is -2.33. The van der Waals surface area contributed by atoms with E-state index < -0.39 is 10.0 Å². The molecule has 0 spiro atoms. The van der Waals surface area contributed by atoms with Crippen LogP contribution in [-0.2, 0) is 27.8 Å². The Morgan fingerprint density at radius 3 is 2.75 bits per heavy atom. The van der Waals surface area contributed by atoms with Crippen LogP contribution in [0.3, 0.4) is 0 Å². The van der Waals surface area contributed by atoms with Gasteiger partial charge in [0.05, 0.1) is 17.7 Å². The highest BCUT2D eigenvalue weighted by Gasteiger charge is 2.31. The van der Waals surface area contributed by atoms with Crippen LogP contribution in [0.25, 0.3) is 0 Å². The van der Waals surface area contributed by atoms with E-state index in [1.165, 1.54) is 24.5 Å². The Hall–Kier alpha value is -2.12. The van der Waals surface area contributed by atoms with E-state index in [4.69, 9.17) is 4.42 Å². The first kappa shape index (κ1) is 16.7. The number of fused-ring (bicyclic) bond motifs is 1. The van der Waals surface area contributed by atoms with Gasteiger partial charge >= 0.3 is 0 Å². The number of benzene rings is 1. The summed E-state index contributed by atoms with van der Waals surface area (Å²) in [5, 5.41) is 0. The van der Waals surface area contributed by atoms with Gasteiger partial charge in [-0.3, -0.25) is 4.79 Å². The maximum absolute atomic E-state index is 12.8. The maximum atomic E-state index is 12.8. The van der Waals surface area contributed by atoms with Crippen LogP contribution < -0.4 is 4.90 Å². The van der Waals surface area contributed by atoms with Crippen LogP contribution in [0.5, 0.6) is 0 Å². The van der Waals surface area contributed by atoms with Gasteiger partial charge in [-0.05, 0) is 49.2 Å². The summed E-state index contributed by atoms with van der Waals surface area (Å²) in [6.45, 7) is 3.65. The molecule has 128 valence electrons. The van der Waals surface area contributed by atoms with Crippen molar-refractivity contribution in [3.8, 4) is 0 Å². The number of nitrogens with zero attached hydrogens (tertiary/aromatic N) is 2. The summed E-state index contributed by atoms with van der Waals surface area (Å²) >= 11 is 0. The van der Waals surface area contributed by atoms with Gasteiger partial charge in [0.1, 0.15) is 5.76 Å². The van der Waals surface area contributed by atoms with E-state index in [0.29, 0.717) is 12.2 Å². The van der Waals surface area contributed by atoms with Crippen molar-refractivity contribution in [3.05, 3.63) is 47.9 Å². The highest BCUT2D eigenvalue weighted by atomic mass is 32.2. The molecule has 0 radical (unpaired) electrons. The molecule has 1 amide bonds. The van der Waals surface area contributed by atoms with E-state index in [1.807, 2.05) is 6.92 Å². The summed E-state index contributed by atoms with van der Waals surface area (Å²) in [5.41, 5.74) is 1.67. The van der Waals surface area contributed by atoms with Gasteiger partial charge < -0.3 is 9.32 Å². The number of carbonyl (C=O) groups is 1. The maximum Gasteiger partial charge on any atom is 0.243 e. The minimum Gasteiger partial charge on any atom is -0.468 e. The Kier molecular flexibility index (Phi) is 4.23. The lowest BCUT2D eigenvalue weighted by atomic mass is 10.1. The average Bonchev–Trinajstić information content (AvgIpc) is 3.12. The second-order valence-corrected chi connectivity index (χ2v) is 8.12. The average molecular weight is 348 g/mol. The summed E-state index contributed by atoms with van der Waals surface area (Å²) in [6, 6.07) is 8.44. The Bertz CT molecular complexity index is 859. The van der Waals surface area contributed by atoms with Crippen LogP contribution in [0.1, 0.15) is 25.2 Å². The number of hydrogen-bond donors (Lipinski definition) is 0. The molecule has 0 aliphatic carbocycles. The minimum atomic E-state index is -3.62. The molecule has 0 bridgehead atoms. The van der Waals surface area contributed by atoms with Crippen LogP contribution in [0.2, 0.25) is 0 Å². The third kappa shape index (κ3) is 2.85. The fourth-order valence-corrected chi connectivity index (χ4v) is 4.32. The molecule has 2 heterocycles. The van der Waals surface area contributed by atoms with Crippen LogP contribution in [0.4, 0.5) is 5.69 Å². The fourth-order valence-electron chi connectivity index (χ4n) is 3.13. The first-order chi connectivity index (χ1) is 11.3. The van der Waals surface area contributed by atoms with Gasteiger partial charge in [0.2, 0.25) is 15.9 Å². The van der Waals surface area contributed by atoms with E-state index in [1.54, 1.807) is 35.2 Å². The molecule has 24 heavy (non-hydrogen) atoms. The molecule has 0 N–H and O–H groups in total. The van der Waals surface area contributed by atoms with Gasteiger partial charge in [0.15, 0.2) is 0 Å². The Labute approximate surface area is 141 Å². The van der Waals surface area contributed by atoms with Gasteiger partial charge in [0.25, 0.3) is 0 Å². The van der Waals surface area contributed by atoms with Gasteiger partial charge in [-0.25, -0.2) is 8.42 Å². The van der Waals surface area contributed by atoms with Crippen molar-refractivity contribution in [2.45, 2.75) is 37.8 Å². The number of anilines is 1. The van der Waals surface area contributed by atoms with Gasteiger partial charge in [-0.1, -0.05) is 0 Å². The first-order valence-electron chi connectivity index (χ1n) is 7.72. The van der Waals surface area contributed by atoms with Crippen LogP contribution >= 0.6 is 0 Å². The number of rotatable bonds is 4. The van der Waals surface area contributed by atoms with E-state index >= 15 is 0 Å². The largest absolute Gasteiger partial charge is 0.468 e. The lowest BCUT2D eigenvalue weighted by Gasteiger charge is -2.21. The molecular formula is C17H20N2O4S. The minimum absolute atomic E-state index is 0.0354. The predicted molar refractivity (Wildman–Crippen MR) is 90.1 cm³/mol. The molecule has 0 unspecified atom stereocenters. The summed E-state index contributed by atoms with van der Waals surface area (Å²) in [7, 11) is -2.10. The summed E-state index contributed by atoms with van der Waals surface area (Å²) in [5.74, 6) is 0.547. The van der Waals surface area contributed by atoms with Crippen LogP contribution in [0.15, 0.2) is 45.9 Å². The summed E-state index contributed by atoms with van der Waals surface area (Å²) in [6.07, 6.45) is 2.17. The first-order valence-corrected chi connectivity index (χ1v) is 9.16. The van der Waals surface area contributed by atoms with E-state index in [0.717, 1.165) is 11.3 Å². The third-order valence-corrected chi connectivity index (χ3v) is 6.07. The van der Waals surface area contributed by atoms with Crippen molar-refractivity contribution in [3.63, 3.8) is 0 Å². The Morgan fingerprint density at radius 2 is 2.12 bits per heavy atom. The number of carbonyl (C=O) groups excluding carboxylic acids is 1. The van der Waals surface area contributed by atoms with Gasteiger partial charge in [-0.15, -0.1) is 0 Å². The molecular weight excluding hydrogens is 328 g/mol. The molecule has 6 nitrogen and oxygen atoms in total. The molecule has 7 heteroatoms. The normalized spacial score (nSPS) is 17.3. The van der Waals surface area contributed by atoms with Crippen LogP contribution in [-0.4, -0.2) is 31.7 Å². The number of furan rings is 1. The Balaban J connectivity index is 1.90. The third-order valence-electron chi connectivity index (χ3n) is 4.27. The number of sulfonamides is 1. The molecule has 1 aliphatic rings. The lowest BCUT2D eigenvalue weighted by molar-refractivity contribution is -0.116. The summed E-state index contributed by atoms with van der Waals surface area (Å²) in [4.78, 5) is 13.7. The SMILES string of the molecule is CC(=O)N1c2ccc(S(=O)(=O)N(C)Cc3ccco3)cc2C[C@H]1C. The van der Waals surface area contributed by atoms with Crippen molar-refractivity contribution >= 4 is 21.6 Å². The fraction of sp³-hybridized carbons (Fsp3) is 0.353. The van der Waals surface area contributed by atoms with E-state index in [9.17, 15) is 13.2 Å². The van der Waals surface area contributed by atoms with E-state index in [2.05, 4.69) is 0 Å². The number of amides is 1. The molecule has 1 aromatic carbocycles. The molecule has 2 aromatic rings. The zero-order chi connectivity index (χ0) is 17.5. The van der Waals surface area contributed by atoms with Crippen LogP contribution in [0, 0.1) is 0 Å². The second-order valence-electron chi connectivity index (χ2n) is 6.07. The molecule has 1 atom stereocenters. The van der Waals surface area contributed by atoms with Crippen molar-refractivity contribution in [2.75, 3.05) is 11.9 Å². The van der Waals surface area contributed by atoms with Crippen molar-refractivity contribution in [2.24, 2.45) is 0 Å². The highest BCUT2D eigenvalue weighted by Crippen LogP contribution is 2.34. The molecule has 3 rings (SSSR count). The standard InChI is InChI=1S/C17H20N2O4S/c1-12-9-14-10-16(6-7-17(14)19(12)13(2)20)24(21,22)18(3)11-15-5-4-8-23-15/h4-8,10,12H,9,11H2,1-3H3/t12-/m1/s1. The van der Waals surface area contributed by atoms with Gasteiger partial charge in [-0.2, -0.15) is 4.31 Å². The smallest absolute Gasteiger partial charge is 0.243 e. The van der Waals surface area contributed by atoms with Gasteiger partial charge in [0, 0.05) is 25.7 Å². The molecule has 1 aromatic heterocycles. The Morgan fingerprint density at radius 1 is 1.38 bits per heavy atom. The quantitative estimate of drug-likeness (QED) is 0.851. The van der Waals surface area contributed by atoms with Crippen molar-refractivity contribution in [1.29, 1.82) is 0 Å². The topological polar surface area (TPSA) is 70.8 Å². The molecule has 1 aliphatic heterocycles. The summed E-state index contributed by atoms with van der Waals surface area (Å²) < 4.78 is 32.0. The monoisotopic (exact) mass is 348 g/mol. The number of hydrogen-bond acceptors (Lipinski definition) is 4.